The predicted molar refractivity (Wildman–Crippen MR) is 112 cm³/mol. The van der Waals surface area contributed by atoms with Gasteiger partial charge in [0.1, 0.15) is 5.01 Å². The van der Waals surface area contributed by atoms with E-state index >= 15 is 0 Å². The van der Waals surface area contributed by atoms with Crippen molar-refractivity contribution in [3.8, 4) is 11.5 Å². The van der Waals surface area contributed by atoms with Gasteiger partial charge in [-0.05, 0) is 64.3 Å². The van der Waals surface area contributed by atoms with Crippen LogP contribution in [0.25, 0.3) is 21.9 Å². The number of aromatic nitrogens is 1. The van der Waals surface area contributed by atoms with Gasteiger partial charge in [-0.3, -0.25) is 4.79 Å². The third-order valence-corrected chi connectivity index (χ3v) is 5.49. The van der Waals surface area contributed by atoms with E-state index in [9.17, 15) is 9.90 Å². The van der Waals surface area contributed by atoms with Gasteiger partial charge < -0.3 is 14.6 Å². The van der Waals surface area contributed by atoms with Crippen molar-refractivity contribution in [1.82, 2.24) is 4.98 Å². The van der Waals surface area contributed by atoms with Gasteiger partial charge in [0.05, 0.1) is 34.8 Å². The molecule has 2 aromatic carbocycles. The first-order valence-corrected chi connectivity index (χ1v) is 9.91. The number of ether oxygens (including phenoxy) is 2. The Hall–Kier alpha value is -2.38. The summed E-state index contributed by atoms with van der Waals surface area (Å²) < 4.78 is 12.8. The number of aliphatic carboxylic acids is 1. The number of para-hydroxylation sites is 1. The summed E-state index contributed by atoms with van der Waals surface area (Å²) in [6.45, 7) is 2.41. The number of hydrogen-bond donors (Lipinski definition) is 1. The van der Waals surface area contributed by atoms with Crippen LogP contribution in [-0.2, 0) is 4.79 Å². The maximum atomic E-state index is 11.4. The molecule has 0 aliphatic heterocycles. The molecule has 0 saturated carbocycles. The van der Waals surface area contributed by atoms with E-state index in [0.717, 1.165) is 20.3 Å². The lowest BCUT2D eigenvalue weighted by Gasteiger charge is -2.12. The molecule has 0 bridgehead atoms. The van der Waals surface area contributed by atoms with Crippen LogP contribution in [0.2, 0.25) is 0 Å². The van der Waals surface area contributed by atoms with Crippen molar-refractivity contribution >= 4 is 55.1 Å². The molecule has 0 amide bonds. The van der Waals surface area contributed by atoms with Gasteiger partial charge in [0, 0.05) is 0 Å². The van der Waals surface area contributed by atoms with Gasteiger partial charge in [0.2, 0.25) is 0 Å². The van der Waals surface area contributed by atoms with Crippen LogP contribution in [-0.4, -0.2) is 29.8 Å². The molecule has 1 aromatic heterocycles. The molecule has 1 heterocycles. The molecular formula is C20H18BrNO4S. The predicted octanol–water partition coefficient (Wildman–Crippen LogP) is 5.48. The highest BCUT2D eigenvalue weighted by molar-refractivity contribution is 9.10. The van der Waals surface area contributed by atoms with E-state index in [1.165, 1.54) is 11.3 Å². The summed E-state index contributed by atoms with van der Waals surface area (Å²) in [5, 5.41) is 10.0. The highest BCUT2D eigenvalue weighted by Crippen LogP contribution is 2.38. The van der Waals surface area contributed by atoms with Crippen molar-refractivity contribution in [3.05, 3.63) is 51.4 Å². The number of methoxy groups -OCH3 is 1. The summed E-state index contributed by atoms with van der Waals surface area (Å²) in [5.74, 6) is 0.297. The standard InChI is InChI=1S/C20H18BrNO4S/c1-3-26-19-14(21)9-12(10-16(19)25-2)8-13(11-18(23)24)20-22-15-6-4-5-7-17(15)27-20/h4-10H,3,11H2,1-2H3,(H,23,24)/b13-8+. The highest BCUT2D eigenvalue weighted by atomic mass is 79.9. The molecule has 140 valence electrons. The second-order valence-corrected chi connectivity index (χ2v) is 7.58. The van der Waals surface area contributed by atoms with Crippen LogP contribution in [0.1, 0.15) is 23.9 Å². The van der Waals surface area contributed by atoms with Crippen LogP contribution < -0.4 is 9.47 Å². The first-order chi connectivity index (χ1) is 13.0. The Kier molecular flexibility index (Phi) is 6.13. The first kappa shape index (κ1) is 19.4. The molecule has 27 heavy (non-hydrogen) atoms. The van der Waals surface area contributed by atoms with Crippen molar-refractivity contribution < 1.29 is 19.4 Å². The van der Waals surface area contributed by atoms with Crippen molar-refractivity contribution in [2.24, 2.45) is 0 Å². The fraction of sp³-hybridized carbons (Fsp3) is 0.200. The Bertz CT molecular complexity index is 979. The zero-order valence-electron chi connectivity index (χ0n) is 14.9. The Morgan fingerprint density at radius 3 is 2.78 bits per heavy atom. The van der Waals surface area contributed by atoms with E-state index < -0.39 is 5.97 Å². The maximum Gasteiger partial charge on any atom is 0.307 e. The minimum absolute atomic E-state index is 0.118. The van der Waals surface area contributed by atoms with E-state index in [1.807, 2.05) is 49.4 Å². The molecule has 7 heteroatoms. The number of nitrogens with zero attached hydrogens (tertiary/aromatic N) is 1. The van der Waals surface area contributed by atoms with Gasteiger partial charge in [-0.15, -0.1) is 11.3 Å². The van der Waals surface area contributed by atoms with Crippen LogP contribution in [0, 0.1) is 0 Å². The molecule has 0 aliphatic carbocycles. The molecule has 0 unspecified atom stereocenters. The van der Waals surface area contributed by atoms with Crippen molar-refractivity contribution in [2.75, 3.05) is 13.7 Å². The number of carbonyl (C=O) groups is 1. The normalized spacial score (nSPS) is 11.6. The minimum atomic E-state index is -0.905. The lowest BCUT2D eigenvalue weighted by Crippen LogP contribution is -1.98. The molecule has 0 atom stereocenters. The third kappa shape index (κ3) is 4.48. The number of thiazole rings is 1. The smallest absolute Gasteiger partial charge is 0.307 e. The van der Waals surface area contributed by atoms with Gasteiger partial charge in [0.15, 0.2) is 11.5 Å². The number of carboxylic acids is 1. The zero-order valence-corrected chi connectivity index (χ0v) is 17.3. The van der Waals surface area contributed by atoms with E-state index in [-0.39, 0.29) is 6.42 Å². The lowest BCUT2D eigenvalue weighted by atomic mass is 10.1. The minimum Gasteiger partial charge on any atom is -0.493 e. The van der Waals surface area contributed by atoms with Crippen molar-refractivity contribution in [3.63, 3.8) is 0 Å². The van der Waals surface area contributed by atoms with Gasteiger partial charge >= 0.3 is 5.97 Å². The SMILES string of the molecule is CCOc1c(Br)cc(/C=C(\CC(=O)O)c2nc3ccccc3s2)cc1OC. The quantitative estimate of drug-likeness (QED) is 0.518. The van der Waals surface area contributed by atoms with Gasteiger partial charge in [-0.2, -0.15) is 0 Å². The highest BCUT2D eigenvalue weighted by Gasteiger charge is 2.15. The van der Waals surface area contributed by atoms with Crippen LogP contribution in [0.3, 0.4) is 0 Å². The van der Waals surface area contributed by atoms with E-state index in [1.54, 1.807) is 7.11 Å². The first-order valence-electron chi connectivity index (χ1n) is 8.30. The summed E-state index contributed by atoms with van der Waals surface area (Å²) in [7, 11) is 1.57. The molecule has 3 rings (SSSR count). The average molecular weight is 448 g/mol. The topological polar surface area (TPSA) is 68.7 Å². The average Bonchev–Trinajstić information content (AvgIpc) is 3.07. The Morgan fingerprint density at radius 2 is 2.11 bits per heavy atom. The molecule has 5 nitrogen and oxygen atoms in total. The Morgan fingerprint density at radius 1 is 1.33 bits per heavy atom. The van der Waals surface area contributed by atoms with Gasteiger partial charge in [-0.1, -0.05) is 12.1 Å². The number of hydrogen-bond acceptors (Lipinski definition) is 5. The van der Waals surface area contributed by atoms with Crippen LogP contribution in [0.5, 0.6) is 11.5 Å². The number of rotatable bonds is 7. The van der Waals surface area contributed by atoms with E-state index in [2.05, 4.69) is 20.9 Å². The molecular weight excluding hydrogens is 430 g/mol. The van der Waals surface area contributed by atoms with E-state index in [0.29, 0.717) is 28.7 Å². The van der Waals surface area contributed by atoms with Crippen molar-refractivity contribution in [2.45, 2.75) is 13.3 Å². The summed E-state index contributed by atoms with van der Waals surface area (Å²) in [4.78, 5) is 16.0. The van der Waals surface area contributed by atoms with Crippen LogP contribution >= 0.6 is 27.3 Å². The number of carboxylic acid groups (broad SMARTS) is 1. The Labute approximate surface area is 169 Å². The second-order valence-electron chi connectivity index (χ2n) is 5.69. The summed E-state index contributed by atoms with van der Waals surface area (Å²) in [5.41, 5.74) is 2.30. The lowest BCUT2D eigenvalue weighted by molar-refractivity contribution is -0.135. The maximum absolute atomic E-state index is 11.4. The summed E-state index contributed by atoms with van der Waals surface area (Å²) in [6, 6.07) is 11.5. The molecule has 0 saturated heterocycles. The van der Waals surface area contributed by atoms with E-state index in [4.69, 9.17) is 9.47 Å². The third-order valence-electron chi connectivity index (χ3n) is 3.79. The molecule has 0 spiro atoms. The molecule has 0 aliphatic rings. The van der Waals surface area contributed by atoms with Crippen LogP contribution in [0.15, 0.2) is 40.9 Å². The summed E-state index contributed by atoms with van der Waals surface area (Å²) >= 11 is 4.98. The van der Waals surface area contributed by atoms with Gasteiger partial charge in [0.25, 0.3) is 0 Å². The molecule has 0 radical (unpaired) electrons. The molecule has 3 aromatic rings. The fourth-order valence-electron chi connectivity index (χ4n) is 2.67. The second kappa shape index (κ2) is 8.54. The molecule has 1 N–H and O–H groups in total. The van der Waals surface area contributed by atoms with Crippen LogP contribution in [0.4, 0.5) is 0 Å². The summed E-state index contributed by atoms with van der Waals surface area (Å²) in [6.07, 6.45) is 1.71. The number of benzene rings is 2. The monoisotopic (exact) mass is 447 g/mol. The van der Waals surface area contributed by atoms with Crippen molar-refractivity contribution in [1.29, 1.82) is 0 Å². The Balaban J connectivity index is 2.08. The number of halogens is 1. The fourth-order valence-corrected chi connectivity index (χ4v) is 4.22. The van der Waals surface area contributed by atoms with Gasteiger partial charge in [-0.25, -0.2) is 4.98 Å². The number of fused-ring (bicyclic) bond motifs is 1. The largest absolute Gasteiger partial charge is 0.493 e. The molecule has 0 fully saturated rings. The zero-order chi connectivity index (χ0) is 19.4.